The Bertz CT molecular complexity index is 888. The molecule has 1 spiro atoms. The normalized spacial score (nSPS) is 21.1. The fraction of sp³-hybridized carbons (Fsp3) is 0.429. The number of nitrogens with one attached hydrogen (secondary N) is 1. The highest BCUT2D eigenvalue weighted by Gasteiger charge is 2.52. The number of carbonyl (C=O) groups is 2. The Balaban J connectivity index is 1.56. The van der Waals surface area contributed by atoms with E-state index in [1.807, 2.05) is 0 Å². The minimum absolute atomic E-state index is 0.196. The zero-order chi connectivity index (χ0) is 19.7. The summed E-state index contributed by atoms with van der Waals surface area (Å²) < 4.78 is 24.4. The van der Waals surface area contributed by atoms with Gasteiger partial charge in [0.2, 0.25) is 5.91 Å². The number of likely N-dealkylation sites (tertiary alicyclic amines) is 1. The molecule has 1 atom stereocenters. The van der Waals surface area contributed by atoms with Crippen molar-refractivity contribution >= 4 is 17.5 Å². The van der Waals surface area contributed by atoms with Gasteiger partial charge >= 0.3 is 0 Å². The van der Waals surface area contributed by atoms with Crippen molar-refractivity contribution in [3.63, 3.8) is 0 Å². The van der Waals surface area contributed by atoms with Gasteiger partial charge in [0.1, 0.15) is 11.6 Å². The highest BCUT2D eigenvalue weighted by atomic mass is 19.1. The van der Waals surface area contributed by atoms with E-state index in [1.165, 1.54) is 12.1 Å². The van der Waals surface area contributed by atoms with Crippen molar-refractivity contribution < 1.29 is 23.1 Å². The molecule has 148 valence electrons. The van der Waals surface area contributed by atoms with Gasteiger partial charge in [-0.1, -0.05) is 6.07 Å². The number of carbonyl (C=O) groups excluding carboxylic acids is 2. The van der Waals surface area contributed by atoms with Crippen LogP contribution in [-0.2, 0) is 9.53 Å². The number of rotatable bonds is 3. The van der Waals surface area contributed by atoms with Crippen LogP contribution in [0.2, 0.25) is 0 Å². The monoisotopic (exact) mass is 386 g/mol. The lowest BCUT2D eigenvalue weighted by atomic mass is 9.71. The minimum atomic E-state index is -0.407. The van der Waals surface area contributed by atoms with Crippen LogP contribution in [0.3, 0.4) is 0 Å². The van der Waals surface area contributed by atoms with E-state index in [-0.39, 0.29) is 28.9 Å². The van der Waals surface area contributed by atoms with Gasteiger partial charge in [-0.2, -0.15) is 0 Å². The van der Waals surface area contributed by atoms with E-state index >= 15 is 0 Å². The summed E-state index contributed by atoms with van der Waals surface area (Å²) in [6.45, 7) is 3.70. The third-order valence-electron chi connectivity index (χ3n) is 5.78. The maximum absolute atomic E-state index is 13.5. The van der Waals surface area contributed by atoms with E-state index in [9.17, 15) is 14.0 Å². The highest BCUT2D eigenvalue weighted by Crippen LogP contribution is 2.45. The molecule has 1 unspecified atom stereocenters. The van der Waals surface area contributed by atoms with Crippen LogP contribution in [0.5, 0.6) is 0 Å². The molecule has 0 radical (unpaired) electrons. The Kier molecular flexibility index (Phi) is 4.93. The maximum atomic E-state index is 13.5. The number of amides is 2. The van der Waals surface area contributed by atoms with Crippen molar-refractivity contribution in [3.05, 3.63) is 53.7 Å². The number of anilines is 1. The van der Waals surface area contributed by atoms with Gasteiger partial charge in [-0.05, 0) is 50.1 Å². The molecule has 0 bridgehead atoms. The van der Waals surface area contributed by atoms with E-state index < -0.39 is 5.82 Å². The summed E-state index contributed by atoms with van der Waals surface area (Å²) in [5, 5.41) is 2.82. The van der Waals surface area contributed by atoms with E-state index in [1.54, 1.807) is 36.1 Å². The molecule has 1 N–H and O–H groups in total. The van der Waals surface area contributed by atoms with Crippen molar-refractivity contribution in [3.8, 4) is 0 Å². The number of hydrogen-bond acceptors (Lipinski definition) is 4. The lowest BCUT2D eigenvalue weighted by Crippen LogP contribution is -2.42. The zero-order valence-corrected chi connectivity index (χ0v) is 15.7. The Hall–Kier alpha value is -2.67. The summed E-state index contributed by atoms with van der Waals surface area (Å²) in [6.07, 6.45) is 1.41. The second-order valence-corrected chi connectivity index (χ2v) is 7.62. The SMILES string of the molecule is Cc1ccc(C(=O)N2CC(C(=O)Nc3cccc(F)c3)C3(CCOCC3)C2)o1. The third-order valence-corrected chi connectivity index (χ3v) is 5.78. The molecule has 2 saturated heterocycles. The van der Waals surface area contributed by atoms with E-state index in [0.29, 0.717) is 50.6 Å². The molecule has 0 aliphatic carbocycles. The molecular weight excluding hydrogens is 363 g/mol. The molecule has 2 aromatic rings. The molecule has 7 heteroatoms. The predicted octanol–water partition coefficient (Wildman–Crippen LogP) is 3.23. The summed E-state index contributed by atoms with van der Waals surface area (Å²) in [7, 11) is 0. The predicted molar refractivity (Wildman–Crippen MR) is 100 cm³/mol. The van der Waals surface area contributed by atoms with Gasteiger partial charge in [-0.3, -0.25) is 9.59 Å². The summed E-state index contributed by atoms with van der Waals surface area (Å²) in [4.78, 5) is 27.6. The molecule has 4 rings (SSSR count). The van der Waals surface area contributed by atoms with Crippen LogP contribution in [-0.4, -0.2) is 43.0 Å². The molecule has 2 amide bonds. The van der Waals surface area contributed by atoms with E-state index in [2.05, 4.69) is 5.32 Å². The first-order valence-corrected chi connectivity index (χ1v) is 9.47. The van der Waals surface area contributed by atoms with Crippen LogP contribution in [0.15, 0.2) is 40.8 Å². The Labute approximate surface area is 162 Å². The summed E-state index contributed by atoms with van der Waals surface area (Å²) in [5.74, 6) is -0.247. The van der Waals surface area contributed by atoms with Crippen molar-refractivity contribution in [2.75, 3.05) is 31.6 Å². The zero-order valence-electron chi connectivity index (χ0n) is 15.7. The van der Waals surface area contributed by atoms with Gasteiger partial charge in [-0.25, -0.2) is 4.39 Å². The smallest absolute Gasteiger partial charge is 0.289 e. The molecule has 2 aliphatic rings. The summed E-state index contributed by atoms with van der Waals surface area (Å²) in [5.41, 5.74) is 0.0751. The van der Waals surface area contributed by atoms with Crippen LogP contribution in [0.4, 0.5) is 10.1 Å². The first-order valence-electron chi connectivity index (χ1n) is 9.47. The average Bonchev–Trinajstić information content (AvgIpc) is 3.26. The van der Waals surface area contributed by atoms with E-state index in [4.69, 9.17) is 9.15 Å². The quantitative estimate of drug-likeness (QED) is 0.879. The number of furan rings is 1. The molecule has 28 heavy (non-hydrogen) atoms. The molecule has 2 aliphatic heterocycles. The molecule has 0 saturated carbocycles. The van der Waals surface area contributed by atoms with Crippen LogP contribution >= 0.6 is 0 Å². The van der Waals surface area contributed by atoms with Crippen molar-refractivity contribution in [1.82, 2.24) is 4.90 Å². The minimum Gasteiger partial charge on any atom is -0.456 e. The van der Waals surface area contributed by atoms with Gasteiger partial charge in [0, 0.05) is 37.4 Å². The van der Waals surface area contributed by atoms with Crippen LogP contribution in [0.1, 0.15) is 29.2 Å². The maximum Gasteiger partial charge on any atom is 0.289 e. The molecule has 6 nitrogen and oxygen atoms in total. The van der Waals surface area contributed by atoms with E-state index in [0.717, 1.165) is 0 Å². The Morgan fingerprint density at radius 2 is 2.00 bits per heavy atom. The number of ether oxygens (including phenoxy) is 1. The Morgan fingerprint density at radius 1 is 1.21 bits per heavy atom. The number of benzene rings is 1. The molecule has 3 heterocycles. The second kappa shape index (κ2) is 7.39. The van der Waals surface area contributed by atoms with Crippen molar-refractivity contribution in [2.45, 2.75) is 19.8 Å². The average molecular weight is 386 g/mol. The standard InChI is InChI=1S/C21H23FN2O4/c1-14-5-6-18(28-14)20(26)24-12-17(21(13-24)7-9-27-10-8-21)19(25)23-16-4-2-3-15(22)11-16/h2-6,11,17H,7-10,12-13H2,1H3,(H,23,25). The topological polar surface area (TPSA) is 71.8 Å². The largest absolute Gasteiger partial charge is 0.456 e. The fourth-order valence-corrected chi connectivity index (χ4v) is 4.27. The fourth-order valence-electron chi connectivity index (χ4n) is 4.27. The molecule has 2 fully saturated rings. The first-order chi connectivity index (χ1) is 13.5. The van der Waals surface area contributed by atoms with Crippen molar-refractivity contribution in [2.24, 2.45) is 11.3 Å². The highest BCUT2D eigenvalue weighted by molar-refractivity contribution is 5.96. The van der Waals surface area contributed by atoms with Gasteiger partial charge in [0.05, 0.1) is 5.92 Å². The number of aryl methyl sites for hydroxylation is 1. The number of halogens is 1. The van der Waals surface area contributed by atoms with Crippen LogP contribution < -0.4 is 5.32 Å². The summed E-state index contributed by atoms with van der Waals surface area (Å²) in [6, 6.07) is 9.24. The van der Waals surface area contributed by atoms with Crippen LogP contribution in [0.25, 0.3) is 0 Å². The van der Waals surface area contributed by atoms with Gasteiger partial charge in [-0.15, -0.1) is 0 Å². The lowest BCUT2D eigenvalue weighted by Gasteiger charge is -2.37. The molecule has 1 aromatic heterocycles. The second-order valence-electron chi connectivity index (χ2n) is 7.62. The third kappa shape index (κ3) is 3.54. The number of nitrogens with zero attached hydrogens (tertiary/aromatic N) is 1. The lowest BCUT2D eigenvalue weighted by molar-refractivity contribution is -0.124. The number of hydrogen-bond donors (Lipinski definition) is 1. The summed E-state index contributed by atoms with van der Waals surface area (Å²) >= 11 is 0. The van der Waals surface area contributed by atoms with Gasteiger partial charge in [0.25, 0.3) is 5.91 Å². The first kappa shape index (κ1) is 18.7. The Morgan fingerprint density at radius 3 is 2.68 bits per heavy atom. The molecular formula is C21H23FN2O4. The van der Waals surface area contributed by atoms with Crippen LogP contribution in [0, 0.1) is 24.1 Å². The van der Waals surface area contributed by atoms with Crippen molar-refractivity contribution in [1.29, 1.82) is 0 Å². The molecule has 1 aromatic carbocycles. The van der Waals surface area contributed by atoms with Gasteiger partial charge in [0.15, 0.2) is 5.76 Å². The van der Waals surface area contributed by atoms with Gasteiger partial charge < -0.3 is 19.4 Å².